The number of nitrogens with one attached hydrogen (secondary N) is 1. The van der Waals surface area contributed by atoms with Gasteiger partial charge in [-0.15, -0.1) is 0 Å². The summed E-state index contributed by atoms with van der Waals surface area (Å²) >= 11 is 0. The fourth-order valence-corrected chi connectivity index (χ4v) is 2.43. The van der Waals surface area contributed by atoms with Crippen molar-refractivity contribution < 1.29 is 9.18 Å². The molecule has 1 aromatic rings. The third kappa shape index (κ3) is 3.03. The maximum Gasteiger partial charge on any atom is 0.222 e. The van der Waals surface area contributed by atoms with Gasteiger partial charge < -0.3 is 11.1 Å². The summed E-state index contributed by atoms with van der Waals surface area (Å²) in [6.07, 6.45) is 2.43. The summed E-state index contributed by atoms with van der Waals surface area (Å²) in [7, 11) is 0. The Balaban J connectivity index is 2.08. The van der Waals surface area contributed by atoms with Gasteiger partial charge in [-0.3, -0.25) is 4.79 Å². The first-order valence-corrected chi connectivity index (χ1v) is 5.94. The Morgan fingerprint density at radius 1 is 1.53 bits per heavy atom. The topological polar surface area (TPSA) is 55.1 Å². The second-order valence-electron chi connectivity index (χ2n) is 4.55. The van der Waals surface area contributed by atoms with Crippen LogP contribution in [0.1, 0.15) is 18.4 Å². The lowest BCUT2D eigenvalue weighted by Crippen LogP contribution is -2.48. The minimum atomic E-state index is -0.265. The van der Waals surface area contributed by atoms with Gasteiger partial charge in [0.2, 0.25) is 5.91 Å². The van der Waals surface area contributed by atoms with Crippen molar-refractivity contribution in [1.82, 2.24) is 5.32 Å². The number of primary amides is 1. The molecule has 0 aromatic heterocycles. The molecule has 17 heavy (non-hydrogen) atoms. The maximum atomic E-state index is 13.1. The number of halogens is 1. The molecule has 0 saturated carbocycles. The highest BCUT2D eigenvalue weighted by molar-refractivity contribution is 5.77. The lowest BCUT2D eigenvalue weighted by molar-refractivity contribution is -0.123. The summed E-state index contributed by atoms with van der Waals surface area (Å²) in [5.41, 5.74) is 6.29. The van der Waals surface area contributed by atoms with E-state index in [1.807, 2.05) is 6.07 Å². The molecule has 1 aliphatic heterocycles. The molecule has 0 bridgehead atoms. The van der Waals surface area contributed by atoms with E-state index in [9.17, 15) is 9.18 Å². The molecule has 1 amide bonds. The lowest BCUT2D eigenvalue weighted by Gasteiger charge is -2.30. The zero-order valence-corrected chi connectivity index (χ0v) is 9.66. The Labute approximate surface area is 100 Å². The predicted octanol–water partition coefficient (Wildman–Crippen LogP) is 1.22. The average molecular weight is 236 g/mol. The molecular formula is C13H17FN2O. The summed E-state index contributed by atoms with van der Waals surface area (Å²) in [5, 5.41) is 3.30. The van der Waals surface area contributed by atoms with Crippen LogP contribution in [0.15, 0.2) is 24.3 Å². The van der Waals surface area contributed by atoms with Crippen LogP contribution in [0, 0.1) is 11.7 Å². The summed E-state index contributed by atoms with van der Waals surface area (Å²) < 4.78 is 13.1. The van der Waals surface area contributed by atoms with Crippen molar-refractivity contribution in [1.29, 1.82) is 0 Å². The third-order valence-electron chi connectivity index (χ3n) is 3.29. The van der Waals surface area contributed by atoms with Crippen molar-refractivity contribution in [3.8, 4) is 0 Å². The number of nitrogens with two attached hydrogens (primary N) is 1. The Morgan fingerprint density at radius 2 is 2.35 bits per heavy atom. The highest BCUT2D eigenvalue weighted by Crippen LogP contribution is 2.20. The Morgan fingerprint density at radius 3 is 3.06 bits per heavy atom. The standard InChI is InChI=1S/C13H17FN2O/c14-10-4-1-3-9(7-10)8-12-11(13(15)17)5-2-6-16-12/h1,3-4,7,11-12,16H,2,5-6,8H2,(H2,15,17). The number of piperidine rings is 1. The quantitative estimate of drug-likeness (QED) is 0.829. The Bertz CT molecular complexity index is 408. The molecule has 3 nitrogen and oxygen atoms in total. The zero-order chi connectivity index (χ0) is 12.3. The molecule has 0 radical (unpaired) electrons. The highest BCUT2D eigenvalue weighted by atomic mass is 19.1. The molecule has 92 valence electrons. The minimum Gasteiger partial charge on any atom is -0.369 e. The van der Waals surface area contributed by atoms with Crippen LogP contribution in [0.3, 0.4) is 0 Å². The van der Waals surface area contributed by atoms with E-state index in [1.165, 1.54) is 12.1 Å². The van der Waals surface area contributed by atoms with Gasteiger partial charge in [0.15, 0.2) is 0 Å². The molecular weight excluding hydrogens is 219 g/mol. The number of benzene rings is 1. The van der Waals surface area contributed by atoms with Crippen molar-refractivity contribution in [2.24, 2.45) is 11.7 Å². The summed E-state index contributed by atoms with van der Waals surface area (Å²) in [6.45, 7) is 0.893. The molecule has 2 atom stereocenters. The van der Waals surface area contributed by atoms with Crippen molar-refractivity contribution in [3.63, 3.8) is 0 Å². The van der Waals surface area contributed by atoms with E-state index in [1.54, 1.807) is 6.07 Å². The lowest BCUT2D eigenvalue weighted by atomic mass is 9.86. The zero-order valence-electron chi connectivity index (χ0n) is 9.66. The molecule has 1 aromatic carbocycles. The van der Waals surface area contributed by atoms with Gasteiger partial charge in [0.1, 0.15) is 5.82 Å². The highest BCUT2D eigenvalue weighted by Gasteiger charge is 2.28. The maximum absolute atomic E-state index is 13.1. The number of hydrogen-bond donors (Lipinski definition) is 2. The van der Waals surface area contributed by atoms with Crippen LogP contribution < -0.4 is 11.1 Å². The molecule has 1 saturated heterocycles. The number of rotatable bonds is 3. The first-order chi connectivity index (χ1) is 8.16. The van der Waals surface area contributed by atoms with E-state index in [2.05, 4.69) is 5.32 Å². The second kappa shape index (κ2) is 5.27. The van der Waals surface area contributed by atoms with Gasteiger partial charge in [-0.25, -0.2) is 4.39 Å². The van der Waals surface area contributed by atoms with Crippen LogP contribution in [0.2, 0.25) is 0 Å². The fourth-order valence-electron chi connectivity index (χ4n) is 2.43. The summed E-state index contributed by atoms with van der Waals surface area (Å²) in [5.74, 6) is -0.653. The fraction of sp³-hybridized carbons (Fsp3) is 0.462. The van der Waals surface area contributed by atoms with Gasteiger partial charge in [-0.2, -0.15) is 0 Å². The first kappa shape index (κ1) is 12.0. The van der Waals surface area contributed by atoms with E-state index in [-0.39, 0.29) is 23.7 Å². The van der Waals surface area contributed by atoms with Gasteiger partial charge in [-0.05, 0) is 43.5 Å². The van der Waals surface area contributed by atoms with Crippen LogP contribution in [0.25, 0.3) is 0 Å². The number of hydrogen-bond acceptors (Lipinski definition) is 2. The van der Waals surface area contributed by atoms with E-state index < -0.39 is 0 Å². The molecule has 1 heterocycles. The molecule has 3 N–H and O–H groups in total. The van der Waals surface area contributed by atoms with E-state index in [0.29, 0.717) is 6.42 Å². The van der Waals surface area contributed by atoms with E-state index >= 15 is 0 Å². The molecule has 2 rings (SSSR count). The molecule has 4 heteroatoms. The van der Waals surface area contributed by atoms with Gasteiger partial charge in [-0.1, -0.05) is 12.1 Å². The first-order valence-electron chi connectivity index (χ1n) is 5.94. The van der Waals surface area contributed by atoms with Crippen LogP contribution in [-0.4, -0.2) is 18.5 Å². The van der Waals surface area contributed by atoms with Gasteiger partial charge in [0, 0.05) is 6.04 Å². The second-order valence-corrected chi connectivity index (χ2v) is 4.55. The SMILES string of the molecule is NC(=O)C1CCCNC1Cc1cccc(F)c1. The van der Waals surface area contributed by atoms with E-state index in [0.717, 1.165) is 24.9 Å². The third-order valence-corrected chi connectivity index (χ3v) is 3.29. The predicted molar refractivity (Wildman–Crippen MR) is 63.8 cm³/mol. The van der Waals surface area contributed by atoms with E-state index in [4.69, 9.17) is 5.73 Å². The van der Waals surface area contributed by atoms with Crippen molar-refractivity contribution in [3.05, 3.63) is 35.6 Å². The monoisotopic (exact) mass is 236 g/mol. The van der Waals surface area contributed by atoms with Crippen molar-refractivity contribution in [2.45, 2.75) is 25.3 Å². The average Bonchev–Trinajstić information content (AvgIpc) is 2.29. The van der Waals surface area contributed by atoms with Crippen molar-refractivity contribution >= 4 is 5.91 Å². The van der Waals surface area contributed by atoms with Crippen LogP contribution in [0.5, 0.6) is 0 Å². The summed E-state index contributed by atoms with van der Waals surface area (Å²) in [4.78, 5) is 11.3. The number of carbonyl (C=O) groups excluding carboxylic acids is 1. The van der Waals surface area contributed by atoms with Crippen molar-refractivity contribution in [2.75, 3.05) is 6.54 Å². The molecule has 1 fully saturated rings. The smallest absolute Gasteiger partial charge is 0.222 e. The largest absolute Gasteiger partial charge is 0.369 e. The van der Waals surface area contributed by atoms with Gasteiger partial charge in [0.05, 0.1) is 5.92 Å². The molecule has 0 spiro atoms. The van der Waals surface area contributed by atoms with Crippen LogP contribution in [0.4, 0.5) is 4.39 Å². The summed E-state index contributed by atoms with van der Waals surface area (Å²) in [6, 6.07) is 6.52. The van der Waals surface area contributed by atoms with Crippen LogP contribution >= 0.6 is 0 Å². The molecule has 2 unspecified atom stereocenters. The Kier molecular flexibility index (Phi) is 3.74. The molecule has 0 aliphatic carbocycles. The number of amides is 1. The van der Waals surface area contributed by atoms with Crippen LogP contribution in [-0.2, 0) is 11.2 Å². The Hall–Kier alpha value is -1.42. The number of carbonyl (C=O) groups is 1. The van der Waals surface area contributed by atoms with Gasteiger partial charge in [0.25, 0.3) is 0 Å². The van der Waals surface area contributed by atoms with Gasteiger partial charge >= 0.3 is 0 Å². The normalized spacial score (nSPS) is 24.5. The molecule has 1 aliphatic rings. The minimum absolute atomic E-state index is 0.0306.